The SMILES string of the molecule is CCCCCCCCCCCCCCCC(=O)OC(CCCCCC)CCCCCCCCCCCCC(=O)O. The van der Waals surface area contributed by atoms with Gasteiger partial charge in [0.2, 0.25) is 0 Å². The maximum Gasteiger partial charge on any atom is 0.306 e. The molecular formula is C36H70O4. The molecule has 0 fully saturated rings. The summed E-state index contributed by atoms with van der Waals surface area (Å²) in [6.07, 6.45) is 37.1. The Morgan fingerprint density at radius 1 is 0.450 bits per heavy atom. The Hall–Kier alpha value is -1.06. The first kappa shape index (κ1) is 38.9. The minimum atomic E-state index is -0.673. The van der Waals surface area contributed by atoms with Gasteiger partial charge in [-0.1, -0.05) is 162 Å². The molecule has 0 radical (unpaired) electrons. The second-order valence-corrected chi connectivity index (χ2v) is 12.4. The third-order valence-corrected chi connectivity index (χ3v) is 8.33. The summed E-state index contributed by atoms with van der Waals surface area (Å²) in [7, 11) is 0. The van der Waals surface area contributed by atoms with E-state index in [0.717, 1.165) is 44.9 Å². The maximum absolute atomic E-state index is 12.5. The van der Waals surface area contributed by atoms with Crippen molar-refractivity contribution in [2.75, 3.05) is 0 Å². The van der Waals surface area contributed by atoms with E-state index in [2.05, 4.69) is 13.8 Å². The molecule has 4 heteroatoms. The Balaban J connectivity index is 3.80. The molecule has 0 bridgehead atoms. The zero-order valence-electron chi connectivity index (χ0n) is 27.2. The van der Waals surface area contributed by atoms with Crippen LogP contribution in [0.5, 0.6) is 0 Å². The van der Waals surface area contributed by atoms with Crippen LogP contribution in [-0.4, -0.2) is 23.1 Å². The van der Waals surface area contributed by atoms with Gasteiger partial charge in [0.05, 0.1) is 0 Å². The van der Waals surface area contributed by atoms with Gasteiger partial charge in [-0.2, -0.15) is 0 Å². The monoisotopic (exact) mass is 567 g/mol. The highest BCUT2D eigenvalue weighted by Crippen LogP contribution is 2.19. The molecule has 40 heavy (non-hydrogen) atoms. The van der Waals surface area contributed by atoms with Crippen molar-refractivity contribution < 1.29 is 19.4 Å². The van der Waals surface area contributed by atoms with E-state index in [4.69, 9.17) is 9.84 Å². The summed E-state index contributed by atoms with van der Waals surface area (Å²) >= 11 is 0. The second kappa shape index (κ2) is 32.5. The van der Waals surface area contributed by atoms with Gasteiger partial charge in [-0.15, -0.1) is 0 Å². The first-order chi connectivity index (χ1) is 19.6. The molecule has 0 aliphatic rings. The van der Waals surface area contributed by atoms with E-state index < -0.39 is 5.97 Å². The number of carbonyl (C=O) groups excluding carboxylic acids is 1. The molecule has 0 rings (SSSR count). The Labute approximate surface area is 250 Å². The van der Waals surface area contributed by atoms with E-state index in [1.807, 2.05) is 0 Å². The Morgan fingerprint density at radius 3 is 1.12 bits per heavy atom. The first-order valence-corrected chi connectivity index (χ1v) is 18.0. The van der Waals surface area contributed by atoms with Crippen LogP contribution >= 0.6 is 0 Å². The van der Waals surface area contributed by atoms with Gasteiger partial charge in [0, 0.05) is 12.8 Å². The van der Waals surface area contributed by atoms with Crippen molar-refractivity contribution in [3.05, 3.63) is 0 Å². The molecule has 1 unspecified atom stereocenters. The number of hydrogen-bond acceptors (Lipinski definition) is 3. The van der Waals surface area contributed by atoms with Crippen molar-refractivity contribution in [1.82, 2.24) is 0 Å². The zero-order chi connectivity index (χ0) is 29.4. The number of carbonyl (C=O) groups is 2. The fourth-order valence-electron chi connectivity index (χ4n) is 5.66. The smallest absolute Gasteiger partial charge is 0.306 e. The number of rotatable bonds is 33. The van der Waals surface area contributed by atoms with Gasteiger partial charge in [0.25, 0.3) is 0 Å². The first-order valence-electron chi connectivity index (χ1n) is 18.0. The van der Waals surface area contributed by atoms with Crippen LogP contribution in [0.15, 0.2) is 0 Å². The molecule has 0 aromatic carbocycles. The molecule has 238 valence electrons. The number of aliphatic carboxylic acids is 1. The average Bonchev–Trinajstić information content (AvgIpc) is 2.93. The standard InChI is InChI=1S/C36H70O4/c1-3-5-7-9-10-11-12-13-14-19-22-25-29-33-36(39)40-34(30-26-8-6-4-2)31-27-23-20-17-15-16-18-21-24-28-32-35(37)38/h34H,3-33H2,1-2H3,(H,37,38). The zero-order valence-corrected chi connectivity index (χ0v) is 27.2. The molecule has 0 heterocycles. The molecule has 0 saturated heterocycles. The number of esters is 1. The summed E-state index contributed by atoms with van der Waals surface area (Å²) in [6.45, 7) is 4.52. The van der Waals surface area contributed by atoms with Gasteiger partial charge < -0.3 is 9.84 Å². The summed E-state index contributed by atoms with van der Waals surface area (Å²) in [5.41, 5.74) is 0. The van der Waals surface area contributed by atoms with Crippen molar-refractivity contribution in [2.45, 2.75) is 219 Å². The van der Waals surface area contributed by atoms with Crippen LogP contribution < -0.4 is 0 Å². The fraction of sp³-hybridized carbons (Fsp3) is 0.944. The fourth-order valence-corrected chi connectivity index (χ4v) is 5.66. The molecule has 0 aromatic rings. The van der Waals surface area contributed by atoms with Crippen molar-refractivity contribution in [2.24, 2.45) is 0 Å². The average molecular weight is 567 g/mol. The number of unbranched alkanes of at least 4 members (excludes halogenated alkanes) is 24. The summed E-state index contributed by atoms with van der Waals surface area (Å²) < 4.78 is 5.97. The van der Waals surface area contributed by atoms with Gasteiger partial charge in [0.1, 0.15) is 6.10 Å². The molecule has 0 aromatic heterocycles. The van der Waals surface area contributed by atoms with E-state index in [1.54, 1.807) is 0 Å². The largest absolute Gasteiger partial charge is 0.481 e. The maximum atomic E-state index is 12.5. The molecule has 1 N–H and O–H groups in total. The Morgan fingerprint density at radius 2 is 0.750 bits per heavy atom. The lowest BCUT2D eigenvalue weighted by molar-refractivity contribution is -0.150. The molecule has 4 nitrogen and oxygen atoms in total. The van der Waals surface area contributed by atoms with Gasteiger partial charge in [-0.25, -0.2) is 0 Å². The number of hydrogen-bond donors (Lipinski definition) is 1. The number of carboxylic acids is 1. The van der Waals surface area contributed by atoms with Gasteiger partial charge >= 0.3 is 11.9 Å². The lowest BCUT2D eigenvalue weighted by atomic mass is 10.0. The van der Waals surface area contributed by atoms with E-state index >= 15 is 0 Å². The van der Waals surface area contributed by atoms with Crippen molar-refractivity contribution >= 4 is 11.9 Å². The highest BCUT2D eigenvalue weighted by molar-refractivity contribution is 5.69. The lowest BCUT2D eigenvalue weighted by Crippen LogP contribution is -2.18. The normalized spacial score (nSPS) is 12.1. The predicted molar refractivity (Wildman–Crippen MR) is 172 cm³/mol. The topological polar surface area (TPSA) is 63.6 Å². The molecule has 0 saturated carbocycles. The van der Waals surface area contributed by atoms with Crippen molar-refractivity contribution in [3.63, 3.8) is 0 Å². The van der Waals surface area contributed by atoms with Crippen molar-refractivity contribution in [3.8, 4) is 0 Å². The van der Waals surface area contributed by atoms with E-state index in [-0.39, 0.29) is 12.1 Å². The van der Waals surface area contributed by atoms with Crippen molar-refractivity contribution in [1.29, 1.82) is 0 Å². The van der Waals surface area contributed by atoms with Crippen LogP contribution in [-0.2, 0) is 14.3 Å². The van der Waals surface area contributed by atoms with E-state index in [0.29, 0.717) is 12.8 Å². The molecular weight excluding hydrogens is 496 g/mol. The van der Waals surface area contributed by atoms with Crippen LogP contribution in [0.4, 0.5) is 0 Å². The molecule has 1 atom stereocenters. The highest BCUT2D eigenvalue weighted by Gasteiger charge is 2.14. The summed E-state index contributed by atoms with van der Waals surface area (Å²) in [5, 5.41) is 8.68. The molecule has 0 spiro atoms. The predicted octanol–water partition coefficient (Wildman–Crippen LogP) is 12.1. The van der Waals surface area contributed by atoms with Crippen LogP contribution in [0.1, 0.15) is 213 Å². The van der Waals surface area contributed by atoms with E-state index in [9.17, 15) is 9.59 Å². The Bertz CT molecular complexity index is 533. The number of ether oxygens (including phenoxy) is 1. The minimum Gasteiger partial charge on any atom is -0.481 e. The van der Waals surface area contributed by atoms with E-state index in [1.165, 1.54) is 141 Å². The van der Waals surface area contributed by atoms with Gasteiger partial charge in [-0.05, 0) is 38.5 Å². The minimum absolute atomic E-state index is 0.0342. The van der Waals surface area contributed by atoms with Gasteiger partial charge in [-0.3, -0.25) is 9.59 Å². The molecule has 0 aliphatic heterocycles. The highest BCUT2D eigenvalue weighted by atomic mass is 16.5. The van der Waals surface area contributed by atoms with Crippen LogP contribution in [0.2, 0.25) is 0 Å². The summed E-state index contributed by atoms with van der Waals surface area (Å²) in [6, 6.07) is 0. The van der Waals surface area contributed by atoms with Crippen LogP contribution in [0.3, 0.4) is 0 Å². The quantitative estimate of drug-likeness (QED) is 0.0633. The number of carboxylic acid groups (broad SMARTS) is 1. The van der Waals surface area contributed by atoms with Gasteiger partial charge in [0.15, 0.2) is 0 Å². The third kappa shape index (κ3) is 31.5. The molecule has 0 amide bonds. The summed E-state index contributed by atoms with van der Waals surface area (Å²) in [4.78, 5) is 23.1. The van der Waals surface area contributed by atoms with Crippen LogP contribution in [0.25, 0.3) is 0 Å². The summed E-state index contributed by atoms with van der Waals surface area (Å²) in [5.74, 6) is -0.639. The molecule has 0 aliphatic carbocycles. The second-order valence-electron chi connectivity index (χ2n) is 12.4. The Kier molecular flexibility index (Phi) is 31.6. The third-order valence-electron chi connectivity index (χ3n) is 8.33. The lowest BCUT2D eigenvalue weighted by Gasteiger charge is -2.18. The van der Waals surface area contributed by atoms with Crippen LogP contribution in [0, 0.1) is 0 Å².